The summed E-state index contributed by atoms with van der Waals surface area (Å²) in [5.41, 5.74) is 0.694. The van der Waals surface area contributed by atoms with Crippen LogP contribution >= 0.6 is 24.0 Å². The molecule has 2 amide bonds. The van der Waals surface area contributed by atoms with Crippen LogP contribution in [0, 0.1) is 0 Å². The van der Waals surface area contributed by atoms with E-state index in [9.17, 15) is 9.59 Å². The average Bonchev–Trinajstić information content (AvgIpc) is 3.00. The highest BCUT2D eigenvalue weighted by Gasteiger charge is 2.34. The molecule has 2 aliphatic heterocycles. The van der Waals surface area contributed by atoms with Gasteiger partial charge in [-0.15, -0.1) is 0 Å². The lowest BCUT2D eigenvalue weighted by Crippen LogP contribution is -2.46. The number of thioether (sulfide) groups is 1. The van der Waals surface area contributed by atoms with E-state index < -0.39 is 0 Å². The summed E-state index contributed by atoms with van der Waals surface area (Å²) >= 11 is 6.49. The summed E-state index contributed by atoms with van der Waals surface area (Å²) in [6.45, 7) is 1.98. The summed E-state index contributed by atoms with van der Waals surface area (Å²) in [4.78, 5) is 28.8. The lowest BCUT2D eigenvalue weighted by Gasteiger charge is -2.28. The Morgan fingerprint density at radius 1 is 1.17 bits per heavy atom. The smallest absolute Gasteiger partial charge is 0.266 e. The molecule has 2 aliphatic rings. The van der Waals surface area contributed by atoms with Crippen LogP contribution in [-0.4, -0.2) is 80.1 Å². The van der Waals surface area contributed by atoms with Crippen LogP contribution in [0.1, 0.15) is 5.56 Å². The third-order valence-corrected chi connectivity index (χ3v) is 5.89. The van der Waals surface area contributed by atoms with Crippen molar-refractivity contribution in [2.75, 3.05) is 54.2 Å². The van der Waals surface area contributed by atoms with Crippen molar-refractivity contribution in [2.45, 2.75) is 0 Å². The van der Waals surface area contributed by atoms with Crippen molar-refractivity contribution >= 4 is 46.2 Å². The van der Waals surface area contributed by atoms with E-state index in [4.69, 9.17) is 31.2 Å². The van der Waals surface area contributed by atoms with Crippen LogP contribution in [0.25, 0.3) is 6.08 Å². The quantitative estimate of drug-likeness (QED) is 0.491. The number of morpholine rings is 1. The highest BCUT2D eigenvalue weighted by Crippen LogP contribution is 2.40. The third-order valence-electron chi connectivity index (χ3n) is 4.52. The molecule has 0 unspecified atom stereocenters. The molecule has 0 N–H and O–H groups in total. The van der Waals surface area contributed by atoms with E-state index >= 15 is 0 Å². The number of ether oxygens (including phenoxy) is 4. The molecule has 0 saturated carbocycles. The molecule has 29 heavy (non-hydrogen) atoms. The number of methoxy groups -OCH3 is 3. The number of nitrogens with zero attached hydrogens (tertiary/aromatic N) is 2. The maximum Gasteiger partial charge on any atom is 0.266 e. The Morgan fingerprint density at radius 2 is 1.79 bits per heavy atom. The van der Waals surface area contributed by atoms with E-state index in [1.54, 1.807) is 23.1 Å². The summed E-state index contributed by atoms with van der Waals surface area (Å²) in [5.74, 6) is 0.997. The van der Waals surface area contributed by atoms with Gasteiger partial charge in [0.2, 0.25) is 11.7 Å². The van der Waals surface area contributed by atoms with Crippen molar-refractivity contribution in [1.29, 1.82) is 0 Å². The predicted octanol–water partition coefficient (Wildman–Crippen LogP) is 1.77. The lowest BCUT2D eigenvalue weighted by molar-refractivity contribution is -0.138. The van der Waals surface area contributed by atoms with Gasteiger partial charge in [-0.05, 0) is 23.8 Å². The minimum absolute atomic E-state index is 0.0722. The van der Waals surface area contributed by atoms with Gasteiger partial charge in [-0.1, -0.05) is 24.0 Å². The second-order valence-corrected chi connectivity index (χ2v) is 7.90. The monoisotopic (exact) mass is 438 g/mol. The minimum atomic E-state index is -0.296. The SMILES string of the molecule is COc1cc(C=C2SC(=S)N(CC(=O)N3CCOCC3)C2=O)cc(OC)c1OC. The number of amides is 2. The Labute approximate surface area is 178 Å². The average molecular weight is 439 g/mol. The number of hydrogen-bond acceptors (Lipinski definition) is 8. The second kappa shape index (κ2) is 9.47. The van der Waals surface area contributed by atoms with Crippen molar-refractivity contribution < 1.29 is 28.5 Å². The second-order valence-electron chi connectivity index (χ2n) is 6.22. The molecule has 0 radical (unpaired) electrons. The zero-order valence-electron chi connectivity index (χ0n) is 16.4. The van der Waals surface area contributed by atoms with Crippen molar-refractivity contribution in [3.05, 3.63) is 22.6 Å². The molecule has 0 atom stereocenters. The number of rotatable bonds is 6. The molecule has 8 nitrogen and oxygen atoms in total. The molecule has 156 valence electrons. The van der Waals surface area contributed by atoms with Crippen molar-refractivity contribution in [3.8, 4) is 17.2 Å². The third kappa shape index (κ3) is 4.65. The van der Waals surface area contributed by atoms with Gasteiger partial charge in [-0.3, -0.25) is 14.5 Å². The van der Waals surface area contributed by atoms with Crippen LogP contribution < -0.4 is 14.2 Å². The molecule has 1 aromatic carbocycles. The molecule has 0 spiro atoms. The molecule has 2 heterocycles. The number of carbonyl (C=O) groups is 2. The van der Waals surface area contributed by atoms with Crippen LogP contribution in [0.3, 0.4) is 0 Å². The molecule has 0 aliphatic carbocycles. The van der Waals surface area contributed by atoms with E-state index in [1.165, 1.54) is 26.2 Å². The number of carbonyl (C=O) groups excluding carboxylic acids is 2. The normalized spacial score (nSPS) is 18.4. The van der Waals surface area contributed by atoms with Gasteiger partial charge in [0.15, 0.2) is 11.5 Å². The highest BCUT2D eigenvalue weighted by atomic mass is 32.2. The first kappa shape index (κ1) is 21.4. The Kier molecular flexibility index (Phi) is 6.99. The molecular weight excluding hydrogens is 416 g/mol. The highest BCUT2D eigenvalue weighted by molar-refractivity contribution is 8.26. The van der Waals surface area contributed by atoms with Crippen LogP contribution in [0.5, 0.6) is 17.2 Å². The fourth-order valence-electron chi connectivity index (χ4n) is 3.02. The topological polar surface area (TPSA) is 77.5 Å². The molecule has 2 saturated heterocycles. The first-order valence-electron chi connectivity index (χ1n) is 8.89. The van der Waals surface area contributed by atoms with E-state index in [0.29, 0.717) is 58.3 Å². The number of benzene rings is 1. The first-order valence-corrected chi connectivity index (χ1v) is 10.1. The molecule has 1 aromatic rings. The standard InChI is InChI=1S/C19H22N2O6S2/c1-24-13-8-12(9-14(25-2)17(13)26-3)10-15-18(23)21(19(28)29-15)11-16(22)20-4-6-27-7-5-20/h8-10H,4-7,11H2,1-3H3. The zero-order valence-corrected chi connectivity index (χ0v) is 18.1. The fraction of sp³-hybridized carbons (Fsp3) is 0.421. The van der Waals surface area contributed by atoms with Crippen molar-refractivity contribution in [3.63, 3.8) is 0 Å². The van der Waals surface area contributed by atoms with E-state index in [0.717, 1.165) is 11.8 Å². The van der Waals surface area contributed by atoms with Gasteiger partial charge < -0.3 is 23.8 Å². The van der Waals surface area contributed by atoms with Gasteiger partial charge in [0.05, 0.1) is 39.4 Å². The van der Waals surface area contributed by atoms with Crippen LogP contribution in [0.4, 0.5) is 0 Å². The summed E-state index contributed by atoms with van der Waals surface area (Å²) in [6.07, 6.45) is 1.70. The zero-order chi connectivity index (χ0) is 21.0. The molecule has 0 aromatic heterocycles. The van der Waals surface area contributed by atoms with Crippen LogP contribution in [-0.2, 0) is 14.3 Å². The Morgan fingerprint density at radius 3 is 2.34 bits per heavy atom. The van der Waals surface area contributed by atoms with Gasteiger partial charge in [0.25, 0.3) is 5.91 Å². The molecule has 0 bridgehead atoms. The van der Waals surface area contributed by atoms with Gasteiger partial charge in [0.1, 0.15) is 10.9 Å². The fourth-order valence-corrected chi connectivity index (χ4v) is 4.28. The first-order chi connectivity index (χ1) is 14.0. The van der Waals surface area contributed by atoms with Crippen molar-refractivity contribution in [2.24, 2.45) is 0 Å². The summed E-state index contributed by atoms with van der Waals surface area (Å²) in [5, 5.41) is 0. The summed E-state index contributed by atoms with van der Waals surface area (Å²) in [7, 11) is 4.58. The lowest BCUT2D eigenvalue weighted by atomic mass is 10.1. The van der Waals surface area contributed by atoms with Crippen LogP contribution in [0.2, 0.25) is 0 Å². The Hall–Kier alpha value is -2.30. The van der Waals surface area contributed by atoms with Gasteiger partial charge in [-0.25, -0.2) is 0 Å². The summed E-state index contributed by atoms with van der Waals surface area (Å²) < 4.78 is 21.6. The summed E-state index contributed by atoms with van der Waals surface area (Å²) in [6, 6.07) is 3.49. The largest absolute Gasteiger partial charge is 0.493 e. The molecule has 10 heteroatoms. The minimum Gasteiger partial charge on any atom is -0.493 e. The number of hydrogen-bond donors (Lipinski definition) is 0. The van der Waals surface area contributed by atoms with Gasteiger partial charge >= 0.3 is 0 Å². The molecule has 3 rings (SSSR count). The van der Waals surface area contributed by atoms with E-state index in [-0.39, 0.29) is 18.4 Å². The van der Waals surface area contributed by atoms with E-state index in [2.05, 4.69) is 0 Å². The predicted molar refractivity (Wildman–Crippen MR) is 113 cm³/mol. The maximum atomic E-state index is 12.8. The van der Waals surface area contributed by atoms with Gasteiger partial charge in [0, 0.05) is 13.1 Å². The Balaban J connectivity index is 1.80. The van der Waals surface area contributed by atoms with Crippen molar-refractivity contribution in [1.82, 2.24) is 9.80 Å². The Bertz CT molecular complexity index is 826. The van der Waals surface area contributed by atoms with E-state index in [1.807, 2.05) is 0 Å². The van der Waals surface area contributed by atoms with Gasteiger partial charge in [-0.2, -0.15) is 0 Å². The van der Waals surface area contributed by atoms with Crippen LogP contribution in [0.15, 0.2) is 17.0 Å². The molecule has 2 fully saturated rings. The molecular formula is C19H22N2O6S2. The number of thiocarbonyl (C=S) groups is 1. The maximum absolute atomic E-state index is 12.8.